The Bertz CT molecular complexity index is 691. The lowest BCUT2D eigenvalue weighted by molar-refractivity contribution is 1.03. The van der Waals surface area contributed by atoms with Gasteiger partial charge in [-0.05, 0) is 30.7 Å². The summed E-state index contributed by atoms with van der Waals surface area (Å²) in [6.45, 7) is 2.05. The van der Waals surface area contributed by atoms with Crippen molar-refractivity contribution < 1.29 is 0 Å². The van der Waals surface area contributed by atoms with E-state index in [1.807, 2.05) is 30.3 Å². The molecule has 20 heavy (non-hydrogen) atoms. The van der Waals surface area contributed by atoms with E-state index in [1.54, 1.807) is 23.1 Å². The molecule has 0 saturated carbocycles. The Morgan fingerprint density at radius 1 is 1.25 bits per heavy atom. The Labute approximate surface area is 130 Å². The maximum Gasteiger partial charge on any atom is 0.182 e. The first-order valence-corrected chi connectivity index (χ1v) is 8.26. The third-order valence-corrected chi connectivity index (χ3v) is 4.98. The summed E-state index contributed by atoms with van der Waals surface area (Å²) >= 11 is 9.14. The number of nitrogens with zero attached hydrogens (tertiary/aromatic N) is 2. The predicted octanol–water partition coefficient (Wildman–Crippen LogP) is 4.44. The van der Waals surface area contributed by atoms with Gasteiger partial charge in [-0.2, -0.15) is 5.10 Å². The number of hydrogen-bond donors (Lipinski definition) is 1. The molecule has 1 aliphatic heterocycles. The molecule has 0 bridgehead atoms. The van der Waals surface area contributed by atoms with E-state index in [0.29, 0.717) is 0 Å². The number of amidine groups is 1. The van der Waals surface area contributed by atoms with Crippen LogP contribution in [-0.4, -0.2) is 16.6 Å². The molecule has 1 N–H and O–H groups in total. The van der Waals surface area contributed by atoms with Crippen LogP contribution in [0.4, 0.5) is 5.69 Å². The molecule has 1 aromatic heterocycles. The highest BCUT2D eigenvalue weighted by atomic mass is 35.5. The van der Waals surface area contributed by atoms with Crippen LogP contribution >= 0.6 is 34.7 Å². The zero-order chi connectivity index (χ0) is 13.9. The maximum absolute atomic E-state index is 5.95. The average Bonchev–Trinajstić information content (AvgIpc) is 2.89. The number of para-hydroxylation sites is 1. The standard InChI is InChI=1S/C14H12ClN3S2/c1-9-4-2-3-5-10(9)16-14-18-17-11(8-19-14)12-6-7-13(15)20-12/h2-7H,8H2,1H3,(H,16,18). The highest BCUT2D eigenvalue weighted by Crippen LogP contribution is 2.25. The summed E-state index contributed by atoms with van der Waals surface area (Å²) in [7, 11) is 0. The molecule has 0 atom stereocenters. The first-order valence-electron chi connectivity index (χ1n) is 6.08. The molecule has 1 aliphatic rings. The van der Waals surface area contributed by atoms with Gasteiger partial charge in [0.05, 0.1) is 20.6 Å². The number of hydrazone groups is 1. The molecular formula is C14H12ClN3S2. The minimum Gasteiger partial charge on any atom is -0.255 e. The van der Waals surface area contributed by atoms with Crippen molar-refractivity contribution in [1.82, 2.24) is 5.43 Å². The van der Waals surface area contributed by atoms with Crippen molar-refractivity contribution in [3.05, 3.63) is 51.2 Å². The Morgan fingerprint density at radius 3 is 2.75 bits per heavy atom. The van der Waals surface area contributed by atoms with Gasteiger partial charge in [-0.1, -0.05) is 41.6 Å². The molecule has 0 unspecified atom stereocenters. The van der Waals surface area contributed by atoms with Crippen molar-refractivity contribution >= 4 is 51.3 Å². The van der Waals surface area contributed by atoms with E-state index in [4.69, 9.17) is 11.6 Å². The van der Waals surface area contributed by atoms with Crippen molar-refractivity contribution in [2.24, 2.45) is 10.1 Å². The molecule has 0 amide bonds. The van der Waals surface area contributed by atoms with Crippen LogP contribution in [0.2, 0.25) is 4.34 Å². The zero-order valence-corrected chi connectivity index (χ0v) is 13.1. The van der Waals surface area contributed by atoms with Gasteiger partial charge in [-0.25, -0.2) is 4.99 Å². The Morgan fingerprint density at radius 2 is 2.10 bits per heavy atom. The second-order valence-electron chi connectivity index (χ2n) is 4.27. The van der Waals surface area contributed by atoms with E-state index in [9.17, 15) is 0 Å². The van der Waals surface area contributed by atoms with Crippen LogP contribution in [0.25, 0.3) is 0 Å². The molecule has 1 aromatic carbocycles. The third kappa shape index (κ3) is 3.06. The number of halogens is 1. The fourth-order valence-corrected chi connectivity index (χ4v) is 3.66. The molecule has 0 fully saturated rings. The number of thiophene rings is 1. The molecular weight excluding hydrogens is 310 g/mol. The van der Waals surface area contributed by atoms with E-state index in [0.717, 1.165) is 37.1 Å². The van der Waals surface area contributed by atoms with Crippen molar-refractivity contribution in [2.75, 3.05) is 5.75 Å². The van der Waals surface area contributed by atoms with Crippen molar-refractivity contribution in [1.29, 1.82) is 0 Å². The van der Waals surface area contributed by atoms with Gasteiger partial charge >= 0.3 is 0 Å². The Hall–Kier alpha value is -1.30. The summed E-state index contributed by atoms with van der Waals surface area (Å²) in [4.78, 5) is 5.69. The number of thioether (sulfide) groups is 1. The second-order valence-corrected chi connectivity index (χ2v) is 6.95. The van der Waals surface area contributed by atoms with Gasteiger partial charge in [-0.3, -0.25) is 5.43 Å². The summed E-state index contributed by atoms with van der Waals surface area (Å²) in [5, 5.41) is 5.21. The van der Waals surface area contributed by atoms with E-state index in [1.165, 1.54) is 0 Å². The highest BCUT2D eigenvalue weighted by molar-refractivity contribution is 8.14. The van der Waals surface area contributed by atoms with E-state index >= 15 is 0 Å². The molecule has 0 saturated heterocycles. The van der Waals surface area contributed by atoms with Crippen molar-refractivity contribution in [2.45, 2.75) is 6.92 Å². The number of nitrogens with one attached hydrogen (secondary N) is 1. The van der Waals surface area contributed by atoms with Gasteiger partial charge in [-0.15, -0.1) is 11.3 Å². The molecule has 2 aromatic rings. The summed E-state index contributed by atoms with van der Waals surface area (Å²) in [5.74, 6) is 0.800. The lowest BCUT2D eigenvalue weighted by Crippen LogP contribution is -2.24. The fraction of sp³-hybridized carbons (Fsp3) is 0.143. The molecule has 3 nitrogen and oxygen atoms in total. The fourth-order valence-electron chi connectivity index (χ4n) is 1.77. The monoisotopic (exact) mass is 321 g/mol. The van der Waals surface area contributed by atoms with E-state index in [2.05, 4.69) is 28.5 Å². The Balaban J connectivity index is 1.78. The van der Waals surface area contributed by atoms with E-state index in [-0.39, 0.29) is 0 Å². The second kappa shape index (κ2) is 5.99. The summed E-state index contributed by atoms with van der Waals surface area (Å²) in [6, 6.07) is 11.9. The topological polar surface area (TPSA) is 36.8 Å². The number of hydrogen-bond acceptors (Lipinski definition) is 4. The van der Waals surface area contributed by atoms with Crippen LogP contribution in [0, 0.1) is 6.92 Å². The van der Waals surface area contributed by atoms with Gasteiger partial charge in [0, 0.05) is 5.75 Å². The predicted molar refractivity (Wildman–Crippen MR) is 89.7 cm³/mol. The highest BCUT2D eigenvalue weighted by Gasteiger charge is 2.14. The minimum absolute atomic E-state index is 0.784. The number of rotatable bonds is 2. The zero-order valence-electron chi connectivity index (χ0n) is 10.8. The van der Waals surface area contributed by atoms with Crippen LogP contribution in [-0.2, 0) is 0 Å². The van der Waals surface area contributed by atoms with Gasteiger partial charge in [0.15, 0.2) is 5.17 Å². The summed E-state index contributed by atoms with van der Waals surface area (Å²) < 4.78 is 0.784. The lowest BCUT2D eigenvalue weighted by Gasteiger charge is -2.13. The molecule has 0 spiro atoms. The number of benzene rings is 1. The van der Waals surface area contributed by atoms with Crippen LogP contribution < -0.4 is 5.43 Å². The molecule has 102 valence electrons. The van der Waals surface area contributed by atoms with E-state index < -0.39 is 0 Å². The summed E-state index contributed by atoms with van der Waals surface area (Å²) in [5.41, 5.74) is 6.15. The minimum atomic E-state index is 0.784. The van der Waals surface area contributed by atoms with Gasteiger partial charge in [0.1, 0.15) is 0 Å². The number of aliphatic imine (C=N–C) groups is 1. The molecule has 0 aliphatic carbocycles. The smallest absolute Gasteiger partial charge is 0.182 e. The van der Waals surface area contributed by atoms with Crippen LogP contribution in [0.1, 0.15) is 10.4 Å². The normalized spacial score (nSPS) is 16.9. The third-order valence-electron chi connectivity index (χ3n) is 2.83. The van der Waals surface area contributed by atoms with Gasteiger partial charge < -0.3 is 0 Å². The molecule has 3 rings (SSSR count). The van der Waals surface area contributed by atoms with Gasteiger partial charge in [0.2, 0.25) is 0 Å². The largest absolute Gasteiger partial charge is 0.255 e. The Kier molecular flexibility index (Phi) is 4.10. The quantitative estimate of drug-likeness (QED) is 0.888. The first-order chi connectivity index (χ1) is 9.72. The molecule has 0 radical (unpaired) electrons. The summed E-state index contributed by atoms with van der Waals surface area (Å²) in [6.07, 6.45) is 0. The van der Waals surface area contributed by atoms with Crippen LogP contribution in [0.5, 0.6) is 0 Å². The van der Waals surface area contributed by atoms with Crippen molar-refractivity contribution in [3.8, 4) is 0 Å². The molecule has 6 heteroatoms. The van der Waals surface area contributed by atoms with Crippen LogP contribution in [0.3, 0.4) is 0 Å². The average molecular weight is 322 g/mol. The van der Waals surface area contributed by atoms with Gasteiger partial charge in [0.25, 0.3) is 0 Å². The van der Waals surface area contributed by atoms with Crippen LogP contribution in [0.15, 0.2) is 46.5 Å². The first kappa shape index (κ1) is 13.7. The number of aryl methyl sites for hydroxylation is 1. The molecule has 2 heterocycles. The maximum atomic E-state index is 5.95. The SMILES string of the molecule is Cc1ccccc1N=C1NN=C(c2ccc(Cl)s2)CS1. The van der Waals surface area contributed by atoms with Crippen molar-refractivity contribution in [3.63, 3.8) is 0 Å². The lowest BCUT2D eigenvalue weighted by atomic mass is 10.2.